The van der Waals surface area contributed by atoms with Gasteiger partial charge in [-0.15, -0.1) is 0 Å². The first kappa shape index (κ1) is 17.8. The maximum Gasteiger partial charge on any atom is 0.158 e. The van der Waals surface area contributed by atoms with Crippen LogP contribution in [-0.4, -0.2) is 56.6 Å². The van der Waals surface area contributed by atoms with Gasteiger partial charge in [0.15, 0.2) is 6.29 Å². The van der Waals surface area contributed by atoms with E-state index in [0.717, 1.165) is 32.6 Å². The summed E-state index contributed by atoms with van der Waals surface area (Å²) in [5.41, 5.74) is 0. The summed E-state index contributed by atoms with van der Waals surface area (Å²) in [5, 5.41) is 3.53. The van der Waals surface area contributed by atoms with Crippen molar-refractivity contribution in [3.05, 3.63) is 0 Å². The third-order valence-corrected chi connectivity index (χ3v) is 3.00. The smallest absolute Gasteiger partial charge is 0.158 e. The lowest BCUT2D eigenvalue weighted by Gasteiger charge is -2.24. The summed E-state index contributed by atoms with van der Waals surface area (Å²) >= 11 is 0. The molecule has 0 fully saturated rings. The van der Waals surface area contributed by atoms with E-state index < -0.39 is 0 Å². The predicted octanol–water partition coefficient (Wildman–Crippen LogP) is 2.10. The van der Waals surface area contributed by atoms with Crippen LogP contribution < -0.4 is 5.32 Å². The van der Waals surface area contributed by atoms with Gasteiger partial charge >= 0.3 is 0 Å². The van der Waals surface area contributed by atoms with Crippen LogP contribution in [0, 0.1) is 0 Å². The second kappa shape index (κ2) is 11.9. The molecule has 0 heterocycles. The van der Waals surface area contributed by atoms with E-state index in [9.17, 15) is 0 Å². The molecule has 0 aliphatic carbocycles. The highest BCUT2D eigenvalue weighted by atomic mass is 16.7. The maximum absolute atomic E-state index is 5.51. The molecule has 1 atom stereocenters. The van der Waals surface area contributed by atoms with Crippen LogP contribution in [0.1, 0.15) is 41.0 Å². The van der Waals surface area contributed by atoms with E-state index in [-0.39, 0.29) is 6.29 Å². The minimum atomic E-state index is -0.0619. The van der Waals surface area contributed by atoms with Gasteiger partial charge in [0, 0.05) is 38.8 Å². The van der Waals surface area contributed by atoms with Crippen molar-refractivity contribution >= 4 is 0 Å². The minimum absolute atomic E-state index is 0.0619. The largest absolute Gasteiger partial charge is 0.353 e. The number of rotatable bonds is 12. The summed E-state index contributed by atoms with van der Waals surface area (Å²) < 4.78 is 11.0. The van der Waals surface area contributed by atoms with E-state index >= 15 is 0 Å². The molecule has 0 saturated carbocycles. The summed E-state index contributed by atoms with van der Waals surface area (Å²) in [6.45, 7) is 16.3. The van der Waals surface area contributed by atoms with Gasteiger partial charge in [-0.2, -0.15) is 0 Å². The highest BCUT2D eigenvalue weighted by Crippen LogP contribution is 2.00. The summed E-state index contributed by atoms with van der Waals surface area (Å²) in [7, 11) is 0. The first-order valence-electron chi connectivity index (χ1n) is 7.36. The van der Waals surface area contributed by atoms with Crippen LogP contribution in [0.5, 0.6) is 0 Å². The van der Waals surface area contributed by atoms with Crippen molar-refractivity contribution in [2.45, 2.75) is 53.4 Å². The van der Waals surface area contributed by atoms with E-state index in [2.05, 4.69) is 31.0 Å². The molecule has 0 aromatic carbocycles. The van der Waals surface area contributed by atoms with Crippen LogP contribution in [0.15, 0.2) is 0 Å². The summed E-state index contributed by atoms with van der Waals surface area (Å²) in [6.07, 6.45) is 0.845. The van der Waals surface area contributed by atoms with Crippen LogP contribution in [0.25, 0.3) is 0 Å². The van der Waals surface area contributed by atoms with Crippen molar-refractivity contribution < 1.29 is 9.47 Å². The monoisotopic (exact) mass is 260 g/mol. The Morgan fingerprint density at radius 2 is 1.56 bits per heavy atom. The van der Waals surface area contributed by atoms with Gasteiger partial charge in [-0.3, -0.25) is 0 Å². The van der Waals surface area contributed by atoms with E-state index in [4.69, 9.17) is 9.47 Å². The van der Waals surface area contributed by atoms with Crippen LogP contribution >= 0.6 is 0 Å². The molecular weight excluding hydrogens is 228 g/mol. The Morgan fingerprint density at radius 1 is 1.00 bits per heavy atom. The van der Waals surface area contributed by atoms with Gasteiger partial charge in [0.25, 0.3) is 0 Å². The van der Waals surface area contributed by atoms with Crippen molar-refractivity contribution in [3.8, 4) is 0 Å². The second-order valence-corrected chi connectivity index (χ2v) is 4.47. The van der Waals surface area contributed by atoms with Crippen molar-refractivity contribution in [1.82, 2.24) is 10.2 Å². The highest BCUT2D eigenvalue weighted by Gasteiger charge is 2.10. The zero-order chi connectivity index (χ0) is 13.8. The standard InChI is InChI=1S/C14H32N2O2/c1-6-16(7-2)12-13(5)15-11-10-14(17-8-3)18-9-4/h13-15H,6-12H2,1-5H3. The molecule has 18 heavy (non-hydrogen) atoms. The lowest BCUT2D eigenvalue weighted by molar-refractivity contribution is -0.138. The van der Waals surface area contributed by atoms with Gasteiger partial charge in [-0.1, -0.05) is 13.8 Å². The van der Waals surface area contributed by atoms with Gasteiger partial charge < -0.3 is 19.7 Å². The summed E-state index contributed by atoms with van der Waals surface area (Å²) in [6, 6.07) is 0.508. The maximum atomic E-state index is 5.51. The molecule has 1 unspecified atom stereocenters. The zero-order valence-electron chi connectivity index (χ0n) is 12.9. The third-order valence-electron chi connectivity index (χ3n) is 3.00. The lowest BCUT2D eigenvalue weighted by atomic mass is 10.3. The van der Waals surface area contributed by atoms with Gasteiger partial charge in [0.2, 0.25) is 0 Å². The fourth-order valence-electron chi connectivity index (χ4n) is 1.97. The van der Waals surface area contributed by atoms with E-state index in [1.807, 2.05) is 13.8 Å². The number of hydrogen-bond acceptors (Lipinski definition) is 4. The molecule has 0 aromatic heterocycles. The van der Waals surface area contributed by atoms with E-state index in [1.165, 1.54) is 0 Å². The first-order chi connectivity index (χ1) is 8.67. The van der Waals surface area contributed by atoms with Crippen molar-refractivity contribution in [2.24, 2.45) is 0 Å². The molecule has 0 amide bonds. The van der Waals surface area contributed by atoms with Crippen molar-refractivity contribution in [2.75, 3.05) is 39.4 Å². The van der Waals surface area contributed by atoms with Gasteiger partial charge in [0.1, 0.15) is 0 Å². The number of nitrogens with zero attached hydrogens (tertiary/aromatic N) is 1. The quantitative estimate of drug-likeness (QED) is 0.545. The molecule has 0 radical (unpaired) electrons. The highest BCUT2D eigenvalue weighted by molar-refractivity contribution is 4.66. The number of hydrogen-bond donors (Lipinski definition) is 1. The molecule has 1 N–H and O–H groups in total. The Labute approximate surface area is 113 Å². The summed E-state index contributed by atoms with van der Waals surface area (Å²) in [4.78, 5) is 2.43. The Morgan fingerprint density at radius 3 is 2.00 bits per heavy atom. The Hall–Kier alpha value is -0.160. The lowest BCUT2D eigenvalue weighted by Crippen LogP contribution is -2.40. The van der Waals surface area contributed by atoms with Crippen LogP contribution in [-0.2, 0) is 9.47 Å². The molecule has 0 aromatic rings. The molecule has 0 aliphatic rings. The molecule has 0 rings (SSSR count). The topological polar surface area (TPSA) is 33.7 Å². The van der Waals surface area contributed by atoms with Crippen molar-refractivity contribution in [1.29, 1.82) is 0 Å². The number of ether oxygens (including phenoxy) is 2. The zero-order valence-corrected chi connectivity index (χ0v) is 12.9. The molecule has 110 valence electrons. The van der Waals surface area contributed by atoms with Gasteiger partial charge in [0.05, 0.1) is 0 Å². The number of likely N-dealkylation sites (N-methyl/N-ethyl adjacent to an activating group) is 1. The Bertz CT molecular complexity index is 169. The van der Waals surface area contributed by atoms with Crippen molar-refractivity contribution in [3.63, 3.8) is 0 Å². The van der Waals surface area contributed by atoms with Gasteiger partial charge in [-0.05, 0) is 33.9 Å². The number of nitrogens with one attached hydrogen (secondary N) is 1. The predicted molar refractivity (Wildman–Crippen MR) is 76.9 cm³/mol. The molecular formula is C14H32N2O2. The Balaban J connectivity index is 3.72. The molecule has 0 bridgehead atoms. The normalized spacial score (nSPS) is 13.5. The fourth-order valence-corrected chi connectivity index (χ4v) is 1.97. The van der Waals surface area contributed by atoms with Crippen LogP contribution in [0.4, 0.5) is 0 Å². The van der Waals surface area contributed by atoms with E-state index in [0.29, 0.717) is 19.3 Å². The SMILES string of the molecule is CCOC(CCNC(C)CN(CC)CC)OCC. The van der Waals surface area contributed by atoms with Crippen LogP contribution in [0.3, 0.4) is 0 Å². The minimum Gasteiger partial charge on any atom is -0.353 e. The fraction of sp³-hybridized carbons (Fsp3) is 1.00. The third kappa shape index (κ3) is 8.86. The first-order valence-corrected chi connectivity index (χ1v) is 7.36. The molecule has 4 heteroatoms. The average Bonchev–Trinajstić information content (AvgIpc) is 2.36. The molecule has 0 spiro atoms. The Kier molecular flexibility index (Phi) is 11.8. The molecule has 4 nitrogen and oxygen atoms in total. The molecule has 0 saturated heterocycles. The van der Waals surface area contributed by atoms with E-state index in [1.54, 1.807) is 0 Å². The van der Waals surface area contributed by atoms with Crippen LogP contribution in [0.2, 0.25) is 0 Å². The summed E-state index contributed by atoms with van der Waals surface area (Å²) in [5.74, 6) is 0. The molecule has 0 aliphatic heterocycles. The second-order valence-electron chi connectivity index (χ2n) is 4.47. The van der Waals surface area contributed by atoms with Gasteiger partial charge in [-0.25, -0.2) is 0 Å². The average molecular weight is 260 g/mol.